The highest BCUT2D eigenvalue weighted by Crippen LogP contribution is 2.38. The second-order valence-electron chi connectivity index (χ2n) is 11.3. The van der Waals surface area contributed by atoms with Crippen molar-refractivity contribution >= 4 is 29.1 Å². The Morgan fingerprint density at radius 3 is 2.43 bits per heavy atom. The molecule has 0 saturated carbocycles. The first-order valence-corrected chi connectivity index (χ1v) is 13.5. The molecule has 2 aromatic rings. The lowest BCUT2D eigenvalue weighted by atomic mass is 9.75. The number of unbranched alkanes of at least 4 members (excludes halogenated alkanes) is 2. The molecule has 0 aliphatic heterocycles. The third-order valence-electron chi connectivity index (χ3n) is 6.70. The van der Waals surface area contributed by atoms with E-state index in [9.17, 15) is 4.79 Å². The molecular weight excluding hydrogens is 430 g/mol. The highest BCUT2D eigenvalue weighted by Gasteiger charge is 2.24. The Hall–Kier alpha value is -2.62. The van der Waals surface area contributed by atoms with Crippen molar-refractivity contribution in [1.82, 2.24) is 9.55 Å². The minimum atomic E-state index is 0.149. The van der Waals surface area contributed by atoms with E-state index in [4.69, 9.17) is 4.98 Å². The van der Waals surface area contributed by atoms with Gasteiger partial charge in [-0.3, -0.25) is 4.79 Å². The molecule has 1 aromatic heterocycles. The zero-order valence-corrected chi connectivity index (χ0v) is 22.8. The van der Waals surface area contributed by atoms with Gasteiger partial charge in [-0.05, 0) is 78.5 Å². The largest absolute Gasteiger partial charge is 0.371 e. The standard InChI is InChI=1S/C31H45N3O/c1-7-9-16-33(17-10-8-2)27-12-13-28-29(20-27)34(23-24(3)4)30(32-28)14-11-25-19-26(15-18-35)22-31(5,6)21-25/h11-15,18-20,24H,7-10,16-17,21-23H2,1-6H3/b14-11+,26-15-. The first-order chi connectivity index (χ1) is 16.8. The number of carbonyl (C=O) groups is 1. The van der Waals surface area contributed by atoms with E-state index in [2.05, 4.69) is 87.4 Å². The number of benzene rings is 1. The molecule has 1 aliphatic rings. The van der Waals surface area contributed by atoms with E-state index in [0.29, 0.717) is 5.92 Å². The monoisotopic (exact) mass is 475 g/mol. The molecule has 190 valence electrons. The molecule has 3 rings (SSSR count). The summed E-state index contributed by atoms with van der Waals surface area (Å²) < 4.78 is 2.38. The van der Waals surface area contributed by atoms with E-state index in [1.54, 1.807) is 6.08 Å². The fourth-order valence-electron chi connectivity index (χ4n) is 5.07. The maximum absolute atomic E-state index is 11.1. The Morgan fingerprint density at radius 2 is 1.80 bits per heavy atom. The van der Waals surface area contributed by atoms with Gasteiger partial charge in [-0.25, -0.2) is 4.98 Å². The first kappa shape index (κ1) is 27.0. The Labute approximate surface area is 212 Å². The molecule has 0 unspecified atom stereocenters. The normalized spacial score (nSPS) is 17.0. The summed E-state index contributed by atoms with van der Waals surface area (Å²) in [6.45, 7) is 16.7. The summed E-state index contributed by atoms with van der Waals surface area (Å²) in [5.74, 6) is 1.53. The predicted molar refractivity (Wildman–Crippen MR) is 151 cm³/mol. The average molecular weight is 476 g/mol. The summed E-state index contributed by atoms with van der Waals surface area (Å²) in [7, 11) is 0. The zero-order chi connectivity index (χ0) is 25.4. The lowest BCUT2D eigenvalue weighted by Gasteiger charge is -2.30. The van der Waals surface area contributed by atoms with Crippen molar-refractivity contribution < 1.29 is 4.79 Å². The molecule has 4 nitrogen and oxygen atoms in total. The van der Waals surface area contributed by atoms with E-state index >= 15 is 0 Å². The molecule has 1 aliphatic carbocycles. The minimum absolute atomic E-state index is 0.149. The number of hydrogen-bond donors (Lipinski definition) is 0. The number of aldehydes is 1. The highest BCUT2D eigenvalue weighted by molar-refractivity contribution is 5.82. The number of nitrogens with zero attached hydrogens (tertiary/aromatic N) is 3. The number of anilines is 1. The van der Waals surface area contributed by atoms with Gasteiger partial charge >= 0.3 is 0 Å². The van der Waals surface area contributed by atoms with Crippen molar-refractivity contribution in [2.75, 3.05) is 18.0 Å². The van der Waals surface area contributed by atoms with Crippen LogP contribution < -0.4 is 4.90 Å². The molecule has 0 fully saturated rings. The second kappa shape index (κ2) is 12.4. The molecule has 0 atom stereocenters. The van der Waals surface area contributed by atoms with Crippen LogP contribution in [0.3, 0.4) is 0 Å². The van der Waals surface area contributed by atoms with Crippen molar-refractivity contribution in [3.05, 3.63) is 53.4 Å². The number of fused-ring (bicyclic) bond motifs is 1. The van der Waals surface area contributed by atoms with Gasteiger partial charge < -0.3 is 9.47 Å². The third kappa shape index (κ3) is 7.43. The minimum Gasteiger partial charge on any atom is -0.371 e. The first-order valence-electron chi connectivity index (χ1n) is 13.5. The maximum atomic E-state index is 11.1. The predicted octanol–water partition coefficient (Wildman–Crippen LogP) is 7.98. The molecule has 0 amide bonds. The van der Waals surface area contributed by atoms with Crippen LogP contribution in [0.25, 0.3) is 17.1 Å². The molecule has 0 bridgehead atoms. The Balaban J connectivity index is 1.99. The SMILES string of the molecule is CCCCN(CCCC)c1ccc2nc(/C=C/C3=CC(=C/C=O)/CC(C)(C)C3)n(CC(C)C)c2c1. The molecule has 1 aromatic carbocycles. The quantitative estimate of drug-likeness (QED) is 0.231. The van der Waals surface area contributed by atoms with Gasteiger partial charge in [0.1, 0.15) is 12.1 Å². The number of hydrogen-bond acceptors (Lipinski definition) is 3. The molecule has 4 heteroatoms. The summed E-state index contributed by atoms with van der Waals surface area (Å²) in [4.78, 5) is 18.6. The Bertz CT molecular complexity index is 1080. The summed E-state index contributed by atoms with van der Waals surface area (Å²) in [6.07, 6.45) is 15.9. The zero-order valence-electron chi connectivity index (χ0n) is 22.8. The molecular formula is C31H45N3O. The fourth-order valence-corrected chi connectivity index (χ4v) is 5.07. The van der Waals surface area contributed by atoms with Crippen LogP contribution in [0, 0.1) is 11.3 Å². The highest BCUT2D eigenvalue weighted by atomic mass is 16.1. The van der Waals surface area contributed by atoms with Gasteiger partial charge in [-0.2, -0.15) is 0 Å². The lowest BCUT2D eigenvalue weighted by Crippen LogP contribution is -2.25. The van der Waals surface area contributed by atoms with Gasteiger partial charge in [-0.1, -0.05) is 66.5 Å². The fraction of sp³-hybridized carbons (Fsp3) is 0.548. The van der Waals surface area contributed by atoms with Gasteiger partial charge in [-0.15, -0.1) is 0 Å². The lowest BCUT2D eigenvalue weighted by molar-refractivity contribution is -0.104. The van der Waals surface area contributed by atoms with E-state index < -0.39 is 0 Å². The topological polar surface area (TPSA) is 38.1 Å². The maximum Gasteiger partial charge on any atom is 0.143 e. The van der Waals surface area contributed by atoms with Crippen molar-refractivity contribution in [2.24, 2.45) is 11.3 Å². The van der Waals surface area contributed by atoms with E-state index in [1.165, 1.54) is 42.5 Å². The molecule has 35 heavy (non-hydrogen) atoms. The summed E-state index contributed by atoms with van der Waals surface area (Å²) >= 11 is 0. The third-order valence-corrected chi connectivity index (χ3v) is 6.70. The van der Waals surface area contributed by atoms with E-state index in [1.807, 2.05) is 0 Å². The van der Waals surface area contributed by atoms with Crippen LogP contribution >= 0.6 is 0 Å². The van der Waals surface area contributed by atoms with Gasteiger partial charge in [0.05, 0.1) is 11.0 Å². The van der Waals surface area contributed by atoms with Crippen LogP contribution in [-0.4, -0.2) is 28.9 Å². The van der Waals surface area contributed by atoms with Gasteiger partial charge in [0, 0.05) is 25.3 Å². The molecule has 0 radical (unpaired) electrons. The summed E-state index contributed by atoms with van der Waals surface area (Å²) in [5.41, 5.74) is 6.09. The number of rotatable bonds is 12. The van der Waals surface area contributed by atoms with Crippen molar-refractivity contribution in [3.8, 4) is 0 Å². The van der Waals surface area contributed by atoms with Crippen LogP contribution in [0.2, 0.25) is 0 Å². The van der Waals surface area contributed by atoms with Gasteiger partial charge in [0.25, 0.3) is 0 Å². The molecule has 1 heterocycles. The molecule has 0 saturated heterocycles. The number of aromatic nitrogens is 2. The number of imidazole rings is 1. The van der Waals surface area contributed by atoms with E-state index in [-0.39, 0.29) is 5.41 Å². The average Bonchev–Trinajstić information content (AvgIpc) is 3.13. The van der Waals surface area contributed by atoms with Gasteiger partial charge in [0.2, 0.25) is 0 Å². The Morgan fingerprint density at radius 1 is 1.09 bits per heavy atom. The summed E-state index contributed by atoms with van der Waals surface area (Å²) in [6, 6.07) is 6.79. The number of allylic oxidation sites excluding steroid dienone is 5. The van der Waals surface area contributed by atoms with Crippen LogP contribution in [0.1, 0.15) is 85.9 Å². The second-order valence-corrected chi connectivity index (χ2v) is 11.3. The molecule has 0 spiro atoms. The van der Waals surface area contributed by atoms with Crippen molar-refractivity contribution in [3.63, 3.8) is 0 Å². The summed E-state index contributed by atoms with van der Waals surface area (Å²) in [5, 5.41) is 0. The van der Waals surface area contributed by atoms with Crippen molar-refractivity contribution in [2.45, 2.75) is 86.6 Å². The van der Waals surface area contributed by atoms with Gasteiger partial charge in [0.15, 0.2) is 0 Å². The van der Waals surface area contributed by atoms with E-state index in [0.717, 1.165) is 55.7 Å². The van der Waals surface area contributed by atoms with Crippen molar-refractivity contribution in [1.29, 1.82) is 0 Å². The van der Waals surface area contributed by atoms with Crippen LogP contribution in [-0.2, 0) is 11.3 Å². The molecule has 0 N–H and O–H groups in total. The smallest absolute Gasteiger partial charge is 0.143 e. The van der Waals surface area contributed by atoms with Crippen LogP contribution in [0.4, 0.5) is 5.69 Å². The van der Waals surface area contributed by atoms with Crippen LogP contribution in [0.15, 0.2) is 47.6 Å². The Kier molecular flexibility index (Phi) is 9.54. The van der Waals surface area contributed by atoms with Crippen LogP contribution in [0.5, 0.6) is 0 Å². The number of carbonyl (C=O) groups excluding carboxylic acids is 1.